The van der Waals surface area contributed by atoms with Crippen LogP contribution in [0.1, 0.15) is 28.8 Å². The zero-order valence-electron chi connectivity index (χ0n) is 13.9. The van der Waals surface area contributed by atoms with E-state index in [4.69, 9.17) is 11.6 Å². The van der Waals surface area contributed by atoms with Gasteiger partial charge in [-0.05, 0) is 73.7 Å². The van der Waals surface area contributed by atoms with E-state index < -0.39 is 0 Å². The molecule has 1 aliphatic heterocycles. The van der Waals surface area contributed by atoms with Gasteiger partial charge in [-0.3, -0.25) is 4.79 Å². The first-order chi connectivity index (χ1) is 11.6. The summed E-state index contributed by atoms with van der Waals surface area (Å²) in [6.45, 7) is 4.85. The molecule has 3 rings (SSSR count). The number of rotatable bonds is 4. The lowest BCUT2D eigenvalue weighted by Crippen LogP contribution is -2.36. The van der Waals surface area contributed by atoms with Crippen molar-refractivity contribution < 1.29 is 4.79 Å². The molecule has 1 heterocycles. The molecule has 2 N–H and O–H groups in total. The number of hydrogen-bond acceptors (Lipinski definition) is 2. The minimum absolute atomic E-state index is 0.00721. The van der Waals surface area contributed by atoms with Crippen LogP contribution in [0.3, 0.4) is 0 Å². The average Bonchev–Trinajstić information content (AvgIpc) is 2.60. The second-order valence-corrected chi connectivity index (χ2v) is 6.85. The molecule has 3 nitrogen and oxygen atoms in total. The van der Waals surface area contributed by atoms with E-state index >= 15 is 0 Å². The second kappa shape index (κ2) is 7.82. The summed E-state index contributed by atoms with van der Waals surface area (Å²) >= 11 is 6.14. The molecule has 126 valence electrons. The first-order valence-corrected chi connectivity index (χ1v) is 8.87. The molecule has 0 spiro atoms. The van der Waals surface area contributed by atoms with Crippen molar-refractivity contribution >= 4 is 17.5 Å². The number of hydrogen-bond donors (Lipinski definition) is 2. The third kappa shape index (κ3) is 3.97. The molecule has 1 amide bonds. The molecule has 0 unspecified atom stereocenters. The summed E-state index contributed by atoms with van der Waals surface area (Å²) in [5, 5.41) is 7.15. The van der Waals surface area contributed by atoms with Gasteiger partial charge in [0.15, 0.2) is 0 Å². The topological polar surface area (TPSA) is 41.1 Å². The van der Waals surface area contributed by atoms with E-state index in [1.807, 2.05) is 49.4 Å². The van der Waals surface area contributed by atoms with Crippen molar-refractivity contribution in [2.24, 2.45) is 5.92 Å². The van der Waals surface area contributed by atoms with Crippen molar-refractivity contribution in [3.8, 4) is 11.1 Å². The summed E-state index contributed by atoms with van der Waals surface area (Å²) in [7, 11) is 0. The Hall–Kier alpha value is -1.84. The van der Waals surface area contributed by atoms with Gasteiger partial charge in [0.05, 0.1) is 0 Å². The van der Waals surface area contributed by atoms with Crippen LogP contribution < -0.4 is 10.6 Å². The Labute approximate surface area is 148 Å². The molecular formula is C20H23ClN2O. The average molecular weight is 343 g/mol. The molecule has 2 aromatic rings. The quantitative estimate of drug-likeness (QED) is 0.880. The first-order valence-electron chi connectivity index (χ1n) is 8.49. The Morgan fingerprint density at radius 2 is 1.96 bits per heavy atom. The Balaban J connectivity index is 1.82. The van der Waals surface area contributed by atoms with E-state index in [-0.39, 0.29) is 5.91 Å². The molecule has 0 aromatic heterocycles. The summed E-state index contributed by atoms with van der Waals surface area (Å²) in [6.07, 6.45) is 2.24. The highest BCUT2D eigenvalue weighted by Gasteiger charge is 2.18. The van der Waals surface area contributed by atoms with E-state index in [2.05, 4.69) is 10.6 Å². The molecule has 1 fully saturated rings. The Morgan fingerprint density at radius 1 is 1.21 bits per heavy atom. The zero-order valence-corrected chi connectivity index (χ0v) is 14.7. The lowest BCUT2D eigenvalue weighted by molar-refractivity contribution is 0.0945. The third-order valence-electron chi connectivity index (χ3n) is 4.64. The maximum atomic E-state index is 12.8. The first kappa shape index (κ1) is 17.0. The van der Waals surface area contributed by atoms with Gasteiger partial charge in [-0.2, -0.15) is 0 Å². The van der Waals surface area contributed by atoms with Gasteiger partial charge in [0, 0.05) is 17.1 Å². The number of benzene rings is 2. The van der Waals surface area contributed by atoms with Crippen molar-refractivity contribution in [3.63, 3.8) is 0 Å². The third-order valence-corrected chi connectivity index (χ3v) is 4.88. The minimum Gasteiger partial charge on any atom is -0.352 e. The Morgan fingerprint density at radius 3 is 2.71 bits per heavy atom. The van der Waals surface area contributed by atoms with E-state index in [9.17, 15) is 4.79 Å². The fraction of sp³-hybridized carbons (Fsp3) is 0.350. The SMILES string of the molecule is Cc1cccc(C(=O)NCC2CCNCC2)c1-c1cccc(Cl)c1. The van der Waals surface area contributed by atoms with E-state index in [1.54, 1.807) is 0 Å². The van der Waals surface area contributed by atoms with Crippen LogP contribution in [0.2, 0.25) is 5.02 Å². The van der Waals surface area contributed by atoms with Gasteiger partial charge < -0.3 is 10.6 Å². The van der Waals surface area contributed by atoms with Crippen LogP contribution in [0.4, 0.5) is 0 Å². The molecule has 0 atom stereocenters. The summed E-state index contributed by atoms with van der Waals surface area (Å²) in [5.41, 5.74) is 3.73. The van der Waals surface area contributed by atoms with Crippen LogP contribution in [0.25, 0.3) is 11.1 Å². The molecule has 24 heavy (non-hydrogen) atoms. The summed E-state index contributed by atoms with van der Waals surface area (Å²) < 4.78 is 0. The normalized spacial score (nSPS) is 15.2. The number of carbonyl (C=O) groups excluding carboxylic acids is 1. The number of carbonyl (C=O) groups is 1. The second-order valence-electron chi connectivity index (χ2n) is 6.41. The van der Waals surface area contributed by atoms with E-state index in [1.165, 1.54) is 0 Å². The molecule has 0 bridgehead atoms. The monoisotopic (exact) mass is 342 g/mol. The Kier molecular flexibility index (Phi) is 5.54. The molecule has 0 aliphatic carbocycles. The maximum Gasteiger partial charge on any atom is 0.251 e. The number of amides is 1. The predicted octanol–water partition coefficient (Wildman–Crippen LogP) is 4.04. The highest BCUT2D eigenvalue weighted by Crippen LogP contribution is 2.29. The molecule has 0 saturated carbocycles. The van der Waals surface area contributed by atoms with Crippen molar-refractivity contribution in [2.75, 3.05) is 19.6 Å². The molecule has 1 saturated heterocycles. The van der Waals surface area contributed by atoms with Crippen molar-refractivity contribution in [1.29, 1.82) is 0 Å². The minimum atomic E-state index is -0.00721. The van der Waals surface area contributed by atoms with Gasteiger partial charge in [-0.25, -0.2) is 0 Å². The number of aryl methyl sites for hydroxylation is 1. The molecule has 1 aliphatic rings. The van der Waals surface area contributed by atoms with Crippen molar-refractivity contribution in [2.45, 2.75) is 19.8 Å². The Bertz CT molecular complexity index is 723. The lowest BCUT2D eigenvalue weighted by Gasteiger charge is -2.23. The summed E-state index contributed by atoms with van der Waals surface area (Å²) in [6, 6.07) is 13.5. The lowest BCUT2D eigenvalue weighted by atomic mass is 9.94. The molecule has 0 radical (unpaired) electrons. The molecule has 4 heteroatoms. The van der Waals surface area contributed by atoms with Gasteiger partial charge in [-0.1, -0.05) is 35.9 Å². The number of halogens is 1. The van der Waals surface area contributed by atoms with Crippen LogP contribution in [0.15, 0.2) is 42.5 Å². The zero-order chi connectivity index (χ0) is 16.9. The largest absolute Gasteiger partial charge is 0.352 e. The van der Waals surface area contributed by atoms with Gasteiger partial charge >= 0.3 is 0 Å². The van der Waals surface area contributed by atoms with Gasteiger partial charge in [0.1, 0.15) is 0 Å². The van der Waals surface area contributed by atoms with Gasteiger partial charge in [0.25, 0.3) is 5.91 Å². The van der Waals surface area contributed by atoms with E-state index in [0.29, 0.717) is 16.5 Å². The van der Waals surface area contributed by atoms with Gasteiger partial charge in [0.2, 0.25) is 0 Å². The van der Waals surface area contributed by atoms with Crippen molar-refractivity contribution in [3.05, 3.63) is 58.6 Å². The fourth-order valence-corrected chi connectivity index (χ4v) is 3.49. The fourth-order valence-electron chi connectivity index (χ4n) is 3.30. The van der Waals surface area contributed by atoms with Crippen LogP contribution >= 0.6 is 11.6 Å². The van der Waals surface area contributed by atoms with Crippen molar-refractivity contribution in [1.82, 2.24) is 10.6 Å². The number of nitrogens with one attached hydrogen (secondary N) is 2. The predicted molar refractivity (Wildman–Crippen MR) is 99.6 cm³/mol. The highest BCUT2D eigenvalue weighted by atomic mass is 35.5. The smallest absolute Gasteiger partial charge is 0.251 e. The number of piperidine rings is 1. The molecule has 2 aromatic carbocycles. The molecular weight excluding hydrogens is 320 g/mol. The standard InChI is InChI=1S/C20H23ClN2O/c1-14-4-2-7-18(19(14)16-5-3-6-17(21)12-16)20(24)23-13-15-8-10-22-11-9-15/h2-7,12,15,22H,8-11,13H2,1H3,(H,23,24). The van der Waals surface area contributed by atoms with Crippen LogP contribution in [0, 0.1) is 12.8 Å². The summed E-state index contributed by atoms with van der Waals surface area (Å²) in [5.74, 6) is 0.557. The maximum absolute atomic E-state index is 12.8. The van der Waals surface area contributed by atoms with E-state index in [0.717, 1.165) is 49.2 Å². The summed E-state index contributed by atoms with van der Waals surface area (Å²) in [4.78, 5) is 12.8. The van der Waals surface area contributed by atoms with Crippen LogP contribution in [-0.4, -0.2) is 25.5 Å². The highest BCUT2D eigenvalue weighted by molar-refractivity contribution is 6.30. The van der Waals surface area contributed by atoms with Gasteiger partial charge in [-0.15, -0.1) is 0 Å². The van der Waals surface area contributed by atoms with Crippen LogP contribution in [0.5, 0.6) is 0 Å². The van der Waals surface area contributed by atoms with Crippen LogP contribution in [-0.2, 0) is 0 Å².